The standard InChI is InChI=1S/C5H7FN2S.ClH/c6-4-1-2-9-5(4)3-8-7;/h1-2,8H,3,7H2;1H. The SMILES string of the molecule is Cl.NNCc1sccc1F. The largest absolute Gasteiger partial charge is 0.271 e. The van der Waals surface area contributed by atoms with Gasteiger partial charge in [-0.25, -0.2) is 4.39 Å². The van der Waals surface area contributed by atoms with Crippen LogP contribution in [-0.4, -0.2) is 0 Å². The summed E-state index contributed by atoms with van der Waals surface area (Å²) >= 11 is 1.36. The molecule has 0 radical (unpaired) electrons. The van der Waals surface area contributed by atoms with Crippen molar-refractivity contribution in [1.82, 2.24) is 5.43 Å². The van der Waals surface area contributed by atoms with E-state index in [9.17, 15) is 4.39 Å². The van der Waals surface area contributed by atoms with Crippen LogP contribution in [0.1, 0.15) is 4.88 Å². The number of hydrogen-bond acceptors (Lipinski definition) is 3. The molecule has 0 fully saturated rings. The first-order valence-electron chi connectivity index (χ1n) is 2.50. The van der Waals surface area contributed by atoms with Crippen LogP contribution in [0.5, 0.6) is 0 Å². The second-order valence-electron chi connectivity index (χ2n) is 1.57. The summed E-state index contributed by atoms with van der Waals surface area (Å²) in [5.41, 5.74) is 2.38. The summed E-state index contributed by atoms with van der Waals surface area (Å²) in [6.07, 6.45) is 0. The van der Waals surface area contributed by atoms with Gasteiger partial charge < -0.3 is 0 Å². The van der Waals surface area contributed by atoms with Gasteiger partial charge in [0.05, 0.1) is 4.88 Å². The summed E-state index contributed by atoms with van der Waals surface area (Å²) in [5.74, 6) is 4.80. The highest BCUT2D eigenvalue weighted by atomic mass is 35.5. The number of nitrogens with one attached hydrogen (secondary N) is 1. The minimum atomic E-state index is -0.182. The summed E-state index contributed by atoms with van der Waals surface area (Å²) in [7, 11) is 0. The molecule has 0 aliphatic heterocycles. The Kier molecular flexibility index (Phi) is 4.55. The average Bonchev–Trinajstić information content (AvgIpc) is 2.18. The zero-order chi connectivity index (χ0) is 6.69. The van der Waals surface area contributed by atoms with E-state index in [1.807, 2.05) is 0 Å². The Bertz CT molecular complexity index is 192. The van der Waals surface area contributed by atoms with E-state index in [1.54, 1.807) is 5.38 Å². The number of thiophene rings is 1. The molecule has 0 saturated heterocycles. The van der Waals surface area contributed by atoms with Gasteiger partial charge in [-0.2, -0.15) is 0 Å². The van der Waals surface area contributed by atoms with Gasteiger partial charge in [0.1, 0.15) is 5.82 Å². The van der Waals surface area contributed by atoms with Gasteiger partial charge in [0.15, 0.2) is 0 Å². The van der Waals surface area contributed by atoms with E-state index in [-0.39, 0.29) is 18.2 Å². The third-order valence-electron chi connectivity index (χ3n) is 0.954. The Labute approximate surface area is 68.6 Å². The quantitative estimate of drug-likeness (QED) is 0.534. The van der Waals surface area contributed by atoms with Crippen molar-refractivity contribution < 1.29 is 4.39 Å². The van der Waals surface area contributed by atoms with Crippen LogP contribution in [-0.2, 0) is 6.54 Å². The van der Waals surface area contributed by atoms with Crippen LogP contribution < -0.4 is 11.3 Å². The summed E-state index contributed by atoms with van der Waals surface area (Å²) in [4.78, 5) is 0.650. The van der Waals surface area contributed by atoms with Crippen LogP contribution >= 0.6 is 23.7 Å². The third kappa shape index (κ3) is 2.22. The highest BCUT2D eigenvalue weighted by Gasteiger charge is 1.99. The summed E-state index contributed by atoms with van der Waals surface area (Å²) < 4.78 is 12.5. The number of rotatable bonds is 2. The van der Waals surface area contributed by atoms with Crippen LogP contribution in [0.2, 0.25) is 0 Å². The lowest BCUT2D eigenvalue weighted by Gasteiger charge is -1.92. The van der Waals surface area contributed by atoms with Gasteiger partial charge in [0, 0.05) is 6.54 Å². The Hall–Kier alpha value is -0.160. The molecule has 1 heterocycles. The molecule has 0 atom stereocenters. The van der Waals surface area contributed by atoms with E-state index < -0.39 is 0 Å². The predicted octanol–water partition coefficient (Wildman–Crippen LogP) is 1.27. The zero-order valence-electron chi connectivity index (χ0n) is 5.13. The first-order valence-corrected chi connectivity index (χ1v) is 3.38. The molecular weight excluding hydrogens is 175 g/mol. The van der Waals surface area contributed by atoms with Crippen LogP contribution in [0, 0.1) is 5.82 Å². The normalized spacial score (nSPS) is 9.00. The Balaban J connectivity index is 0.000000810. The summed E-state index contributed by atoms with van der Waals surface area (Å²) in [6, 6.07) is 1.43. The highest BCUT2D eigenvalue weighted by molar-refractivity contribution is 7.09. The smallest absolute Gasteiger partial charge is 0.138 e. The molecule has 0 bridgehead atoms. The fourth-order valence-corrected chi connectivity index (χ4v) is 1.24. The van der Waals surface area contributed by atoms with Crippen LogP contribution in [0.3, 0.4) is 0 Å². The molecule has 0 unspecified atom stereocenters. The van der Waals surface area contributed by atoms with Gasteiger partial charge >= 0.3 is 0 Å². The maximum atomic E-state index is 12.5. The lowest BCUT2D eigenvalue weighted by molar-refractivity contribution is 0.604. The van der Waals surface area contributed by atoms with E-state index in [1.165, 1.54) is 17.4 Å². The van der Waals surface area contributed by atoms with E-state index in [4.69, 9.17) is 5.84 Å². The van der Waals surface area contributed by atoms with Gasteiger partial charge in [0.2, 0.25) is 0 Å². The van der Waals surface area contributed by atoms with Gasteiger partial charge in [-0.1, -0.05) is 0 Å². The van der Waals surface area contributed by atoms with E-state index in [2.05, 4.69) is 5.43 Å². The van der Waals surface area contributed by atoms with Gasteiger partial charge in [0.25, 0.3) is 0 Å². The molecule has 10 heavy (non-hydrogen) atoms. The number of hydrazine groups is 1. The van der Waals surface area contributed by atoms with E-state index in [0.717, 1.165) is 0 Å². The van der Waals surface area contributed by atoms with Crippen molar-refractivity contribution in [2.75, 3.05) is 0 Å². The number of hydrogen-bond donors (Lipinski definition) is 2. The Morgan fingerprint density at radius 1 is 1.70 bits per heavy atom. The molecule has 0 aliphatic carbocycles. The number of halogens is 2. The topological polar surface area (TPSA) is 38.0 Å². The molecule has 3 N–H and O–H groups in total. The van der Waals surface area contributed by atoms with Crippen LogP contribution in [0.4, 0.5) is 4.39 Å². The van der Waals surface area contributed by atoms with Crippen molar-refractivity contribution in [1.29, 1.82) is 0 Å². The minimum absolute atomic E-state index is 0. The molecule has 0 amide bonds. The lowest BCUT2D eigenvalue weighted by atomic mass is 10.4. The highest BCUT2D eigenvalue weighted by Crippen LogP contribution is 2.13. The molecule has 0 aliphatic rings. The Morgan fingerprint density at radius 3 is 2.80 bits per heavy atom. The molecule has 1 aromatic heterocycles. The molecule has 1 aromatic rings. The van der Waals surface area contributed by atoms with Crippen molar-refractivity contribution in [3.8, 4) is 0 Å². The Morgan fingerprint density at radius 2 is 2.40 bits per heavy atom. The van der Waals surface area contributed by atoms with Crippen LogP contribution in [0.15, 0.2) is 11.4 Å². The lowest BCUT2D eigenvalue weighted by Crippen LogP contribution is -2.20. The predicted molar refractivity (Wildman–Crippen MR) is 42.6 cm³/mol. The second kappa shape index (κ2) is 4.62. The average molecular weight is 183 g/mol. The van der Waals surface area contributed by atoms with Crippen molar-refractivity contribution in [2.45, 2.75) is 6.54 Å². The fourth-order valence-electron chi connectivity index (χ4n) is 0.544. The molecule has 58 valence electrons. The summed E-state index contributed by atoms with van der Waals surface area (Å²) in [5, 5.41) is 1.70. The minimum Gasteiger partial charge on any atom is -0.271 e. The zero-order valence-corrected chi connectivity index (χ0v) is 6.77. The second-order valence-corrected chi connectivity index (χ2v) is 2.57. The molecule has 0 spiro atoms. The van der Waals surface area contributed by atoms with Gasteiger partial charge in [-0.3, -0.25) is 11.3 Å². The van der Waals surface area contributed by atoms with E-state index >= 15 is 0 Å². The van der Waals surface area contributed by atoms with Gasteiger partial charge in [-0.05, 0) is 11.4 Å². The van der Waals surface area contributed by atoms with E-state index in [0.29, 0.717) is 11.4 Å². The monoisotopic (exact) mass is 182 g/mol. The van der Waals surface area contributed by atoms with Crippen molar-refractivity contribution >= 4 is 23.7 Å². The molecule has 5 heteroatoms. The maximum Gasteiger partial charge on any atom is 0.138 e. The molecular formula is C5H8ClFN2S. The number of nitrogens with two attached hydrogens (primary N) is 1. The van der Waals surface area contributed by atoms with Crippen molar-refractivity contribution in [2.24, 2.45) is 5.84 Å². The van der Waals surface area contributed by atoms with Crippen molar-refractivity contribution in [3.63, 3.8) is 0 Å². The third-order valence-corrected chi connectivity index (χ3v) is 1.85. The van der Waals surface area contributed by atoms with Gasteiger partial charge in [-0.15, -0.1) is 23.7 Å². The first-order chi connectivity index (χ1) is 4.34. The molecule has 0 aromatic carbocycles. The fraction of sp³-hybridized carbons (Fsp3) is 0.200. The van der Waals surface area contributed by atoms with Crippen molar-refractivity contribution in [3.05, 3.63) is 22.1 Å². The summed E-state index contributed by atoms with van der Waals surface area (Å²) in [6.45, 7) is 0.406. The first kappa shape index (κ1) is 9.84. The van der Waals surface area contributed by atoms with Crippen LogP contribution in [0.25, 0.3) is 0 Å². The maximum absolute atomic E-state index is 12.5. The molecule has 2 nitrogen and oxygen atoms in total. The molecule has 0 saturated carbocycles. The molecule has 1 rings (SSSR count).